The molecule has 0 radical (unpaired) electrons. The summed E-state index contributed by atoms with van der Waals surface area (Å²) in [4.78, 5) is 19.8. The van der Waals surface area contributed by atoms with Crippen LogP contribution in [-0.4, -0.2) is 49.3 Å². The van der Waals surface area contributed by atoms with Gasteiger partial charge >= 0.3 is 5.97 Å². The Morgan fingerprint density at radius 3 is 2.76 bits per heavy atom. The monoisotopic (exact) mass is 313 g/mol. The lowest BCUT2D eigenvalue weighted by atomic mass is 9.79. The number of likely N-dealkylation sites (tertiary alicyclic amines) is 1. The van der Waals surface area contributed by atoms with Crippen molar-refractivity contribution in [2.75, 3.05) is 39.1 Å². The number of aromatic nitrogens is 1. The summed E-state index contributed by atoms with van der Waals surface area (Å²) in [6.45, 7) is 5.20. The van der Waals surface area contributed by atoms with Crippen molar-refractivity contribution in [3.63, 3.8) is 0 Å². The van der Waals surface area contributed by atoms with Gasteiger partial charge in [0, 0.05) is 24.7 Å². The summed E-state index contributed by atoms with van der Waals surface area (Å²) in [5.74, 6) is -0.131. The van der Waals surface area contributed by atoms with E-state index in [1.54, 1.807) is 7.11 Å². The van der Waals surface area contributed by atoms with Crippen LogP contribution in [0.15, 0.2) is 6.20 Å². The highest BCUT2D eigenvalue weighted by atomic mass is 32.1. The van der Waals surface area contributed by atoms with E-state index < -0.39 is 5.41 Å². The third-order valence-corrected chi connectivity index (χ3v) is 4.70. The Hall–Kier alpha value is -1.18. The minimum absolute atomic E-state index is 0.131. The number of nitrogen functional groups attached to an aromatic ring is 1. The Labute approximate surface area is 129 Å². The first-order valence-corrected chi connectivity index (χ1v) is 8.00. The van der Waals surface area contributed by atoms with Crippen LogP contribution >= 0.6 is 11.3 Å². The second kappa shape index (κ2) is 7.20. The summed E-state index contributed by atoms with van der Waals surface area (Å²) in [5, 5.41) is 0.599. The van der Waals surface area contributed by atoms with Gasteiger partial charge in [-0.2, -0.15) is 0 Å². The molecule has 0 amide bonds. The van der Waals surface area contributed by atoms with Gasteiger partial charge in [-0.25, -0.2) is 4.98 Å². The number of hydrogen-bond donors (Lipinski definition) is 1. The lowest BCUT2D eigenvalue weighted by Crippen LogP contribution is -2.47. The molecule has 2 N–H and O–H groups in total. The summed E-state index contributed by atoms with van der Waals surface area (Å²) in [5.41, 5.74) is 5.16. The number of thiazole rings is 1. The van der Waals surface area contributed by atoms with Crippen LogP contribution in [0.5, 0.6) is 0 Å². The molecule has 1 fully saturated rings. The van der Waals surface area contributed by atoms with Gasteiger partial charge in [0.25, 0.3) is 0 Å². The maximum Gasteiger partial charge on any atom is 0.314 e. The van der Waals surface area contributed by atoms with Gasteiger partial charge in [-0.1, -0.05) is 0 Å². The van der Waals surface area contributed by atoms with E-state index in [0.29, 0.717) is 18.3 Å². The molecule has 7 heteroatoms. The van der Waals surface area contributed by atoms with Gasteiger partial charge in [-0.3, -0.25) is 9.69 Å². The number of nitrogens with two attached hydrogens (primary N) is 1. The van der Waals surface area contributed by atoms with Gasteiger partial charge in [0.05, 0.1) is 18.6 Å². The molecule has 0 spiro atoms. The molecule has 6 nitrogen and oxygen atoms in total. The van der Waals surface area contributed by atoms with Gasteiger partial charge in [-0.05, 0) is 32.9 Å². The van der Waals surface area contributed by atoms with Crippen molar-refractivity contribution in [3.8, 4) is 0 Å². The van der Waals surface area contributed by atoms with Crippen LogP contribution in [0, 0.1) is 5.41 Å². The zero-order chi connectivity index (χ0) is 15.3. The van der Waals surface area contributed by atoms with E-state index >= 15 is 0 Å². The highest BCUT2D eigenvalue weighted by Crippen LogP contribution is 2.34. The van der Waals surface area contributed by atoms with E-state index in [2.05, 4.69) is 9.88 Å². The summed E-state index contributed by atoms with van der Waals surface area (Å²) >= 11 is 1.51. The fourth-order valence-electron chi connectivity index (χ4n) is 2.72. The predicted molar refractivity (Wildman–Crippen MR) is 82.0 cm³/mol. The van der Waals surface area contributed by atoms with Gasteiger partial charge in [0.1, 0.15) is 0 Å². The Bertz CT molecular complexity index is 470. The number of piperidine rings is 1. The summed E-state index contributed by atoms with van der Waals surface area (Å²) in [6, 6.07) is 0. The average Bonchev–Trinajstić information content (AvgIpc) is 2.87. The molecule has 2 rings (SSSR count). The van der Waals surface area contributed by atoms with E-state index in [0.717, 1.165) is 37.4 Å². The predicted octanol–water partition coefficient (Wildman–Crippen LogP) is 1.52. The fourth-order valence-corrected chi connectivity index (χ4v) is 3.45. The summed E-state index contributed by atoms with van der Waals surface area (Å²) in [6.07, 6.45) is 3.34. The number of anilines is 1. The van der Waals surface area contributed by atoms with Crippen molar-refractivity contribution in [3.05, 3.63) is 11.1 Å². The Morgan fingerprint density at radius 1 is 1.52 bits per heavy atom. The number of nitrogens with zero attached hydrogens (tertiary/aromatic N) is 2. The molecule has 1 aromatic heterocycles. The molecular formula is C14H23N3O3S. The van der Waals surface area contributed by atoms with Crippen molar-refractivity contribution in [1.82, 2.24) is 9.88 Å². The topological polar surface area (TPSA) is 77.7 Å². The SMILES string of the molecule is CCOC(=O)C1(COC)CCN(Cc2cnc(N)s2)CC1. The Morgan fingerprint density at radius 2 is 2.24 bits per heavy atom. The third kappa shape index (κ3) is 3.93. The molecule has 1 aliphatic heterocycles. The highest BCUT2D eigenvalue weighted by Gasteiger charge is 2.42. The van der Waals surface area contributed by atoms with Crippen molar-refractivity contribution in [2.45, 2.75) is 26.3 Å². The molecule has 0 saturated carbocycles. The summed E-state index contributed by atoms with van der Waals surface area (Å²) < 4.78 is 10.5. The highest BCUT2D eigenvalue weighted by molar-refractivity contribution is 7.15. The third-order valence-electron chi connectivity index (χ3n) is 3.89. The molecule has 118 valence electrons. The van der Waals surface area contributed by atoms with Crippen LogP contribution in [0.3, 0.4) is 0 Å². The van der Waals surface area contributed by atoms with E-state index in [4.69, 9.17) is 15.2 Å². The van der Waals surface area contributed by atoms with Crippen LogP contribution in [0.1, 0.15) is 24.6 Å². The van der Waals surface area contributed by atoms with Crippen molar-refractivity contribution >= 4 is 22.4 Å². The first-order chi connectivity index (χ1) is 10.1. The zero-order valence-electron chi connectivity index (χ0n) is 12.6. The second-order valence-electron chi connectivity index (χ2n) is 5.37. The van der Waals surface area contributed by atoms with Gasteiger partial charge in [0.15, 0.2) is 5.13 Å². The molecule has 0 atom stereocenters. The molecule has 1 aliphatic rings. The molecule has 21 heavy (non-hydrogen) atoms. The minimum Gasteiger partial charge on any atom is -0.465 e. The van der Waals surface area contributed by atoms with Gasteiger partial charge in [0.2, 0.25) is 0 Å². The minimum atomic E-state index is -0.492. The van der Waals surface area contributed by atoms with Crippen LogP contribution in [0.2, 0.25) is 0 Å². The molecule has 0 unspecified atom stereocenters. The van der Waals surface area contributed by atoms with E-state index in [-0.39, 0.29) is 5.97 Å². The summed E-state index contributed by atoms with van der Waals surface area (Å²) in [7, 11) is 1.63. The van der Waals surface area contributed by atoms with E-state index in [1.807, 2.05) is 13.1 Å². The van der Waals surface area contributed by atoms with E-state index in [1.165, 1.54) is 11.3 Å². The van der Waals surface area contributed by atoms with Gasteiger partial charge in [-0.15, -0.1) is 11.3 Å². The number of methoxy groups -OCH3 is 1. The first kappa shape index (κ1) is 16.2. The molecule has 1 aromatic rings. The van der Waals surface area contributed by atoms with Crippen molar-refractivity contribution < 1.29 is 14.3 Å². The molecule has 2 heterocycles. The fraction of sp³-hybridized carbons (Fsp3) is 0.714. The number of esters is 1. The number of carbonyl (C=O) groups excluding carboxylic acids is 1. The van der Waals surface area contributed by atoms with Crippen LogP contribution in [0.4, 0.5) is 5.13 Å². The van der Waals surface area contributed by atoms with Crippen molar-refractivity contribution in [2.24, 2.45) is 5.41 Å². The molecule has 0 bridgehead atoms. The Kier molecular flexibility index (Phi) is 5.55. The quantitative estimate of drug-likeness (QED) is 0.802. The molecule has 0 aromatic carbocycles. The zero-order valence-corrected chi connectivity index (χ0v) is 13.4. The lowest BCUT2D eigenvalue weighted by Gasteiger charge is -2.39. The Balaban J connectivity index is 1.94. The van der Waals surface area contributed by atoms with Gasteiger partial charge < -0.3 is 15.2 Å². The normalized spacial score (nSPS) is 18.6. The smallest absolute Gasteiger partial charge is 0.314 e. The lowest BCUT2D eigenvalue weighted by molar-refractivity contribution is -0.162. The van der Waals surface area contributed by atoms with E-state index in [9.17, 15) is 4.79 Å². The van der Waals surface area contributed by atoms with Crippen molar-refractivity contribution in [1.29, 1.82) is 0 Å². The first-order valence-electron chi connectivity index (χ1n) is 7.18. The van der Waals surface area contributed by atoms with Crippen LogP contribution in [-0.2, 0) is 20.8 Å². The molecular weight excluding hydrogens is 290 g/mol. The maximum atomic E-state index is 12.2. The largest absolute Gasteiger partial charge is 0.465 e. The number of rotatable bonds is 6. The second-order valence-corrected chi connectivity index (χ2v) is 6.52. The number of hydrogen-bond acceptors (Lipinski definition) is 7. The molecule has 1 saturated heterocycles. The number of carbonyl (C=O) groups is 1. The average molecular weight is 313 g/mol. The van der Waals surface area contributed by atoms with Crippen LogP contribution in [0.25, 0.3) is 0 Å². The number of ether oxygens (including phenoxy) is 2. The maximum absolute atomic E-state index is 12.2. The standard InChI is InChI=1S/C14H23N3O3S/c1-3-20-12(18)14(10-19-2)4-6-17(7-5-14)9-11-8-16-13(15)21-11/h8H,3-7,9-10H2,1-2H3,(H2,15,16). The van der Waals surface area contributed by atoms with Crippen LogP contribution < -0.4 is 5.73 Å². The molecule has 0 aliphatic carbocycles.